The Hall–Kier alpha value is -2.87. The molecule has 0 saturated carbocycles. The Balaban J connectivity index is 1.70. The van der Waals surface area contributed by atoms with Gasteiger partial charge in [0.15, 0.2) is 0 Å². The Kier molecular flexibility index (Phi) is 5.75. The molecule has 0 radical (unpaired) electrons. The molecule has 0 aliphatic carbocycles. The highest BCUT2D eigenvalue weighted by molar-refractivity contribution is 7.90. The summed E-state index contributed by atoms with van der Waals surface area (Å²) < 4.78 is 29.1. The van der Waals surface area contributed by atoms with E-state index in [-0.39, 0.29) is 10.5 Å². The van der Waals surface area contributed by atoms with Crippen LogP contribution in [0.5, 0.6) is 0 Å². The van der Waals surface area contributed by atoms with E-state index >= 15 is 0 Å². The van der Waals surface area contributed by atoms with Crippen molar-refractivity contribution in [3.63, 3.8) is 0 Å². The fourth-order valence-electron chi connectivity index (χ4n) is 3.30. The molecule has 3 aromatic carbocycles. The quantitative estimate of drug-likeness (QED) is 0.450. The molecule has 158 valence electrons. The van der Waals surface area contributed by atoms with Gasteiger partial charge in [0.2, 0.25) is 0 Å². The molecule has 9 heteroatoms. The van der Waals surface area contributed by atoms with Gasteiger partial charge >= 0.3 is 0 Å². The van der Waals surface area contributed by atoms with Crippen molar-refractivity contribution in [2.24, 2.45) is 0 Å². The van der Waals surface area contributed by atoms with Gasteiger partial charge in [-0.15, -0.1) is 0 Å². The number of nitrogens with zero attached hydrogens (tertiary/aromatic N) is 2. The normalized spacial score (nSPS) is 11.6. The molecule has 0 bridgehead atoms. The minimum atomic E-state index is -4.00. The maximum absolute atomic E-state index is 12.8. The number of rotatable bonds is 5. The molecule has 4 aromatic rings. The maximum atomic E-state index is 12.8. The Bertz CT molecular complexity index is 1400. The second-order valence-corrected chi connectivity index (χ2v) is 9.43. The summed E-state index contributed by atoms with van der Waals surface area (Å²) in [4.78, 5) is 17.4. The van der Waals surface area contributed by atoms with E-state index in [9.17, 15) is 13.2 Å². The molecule has 0 atom stereocenters. The number of imidazole rings is 1. The van der Waals surface area contributed by atoms with Gasteiger partial charge in [-0.1, -0.05) is 53.5 Å². The lowest BCUT2D eigenvalue weighted by Gasteiger charge is -2.10. The summed E-state index contributed by atoms with van der Waals surface area (Å²) in [6.45, 7) is 2.23. The smallest absolute Gasteiger partial charge is 0.267 e. The average Bonchev–Trinajstić information content (AvgIpc) is 3.05. The first-order valence-electron chi connectivity index (χ1n) is 9.28. The molecule has 0 aliphatic rings. The van der Waals surface area contributed by atoms with Crippen LogP contribution < -0.4 is 4.72 Å². The minimum absolute atomic E-state index is 0.00890. The van der Waals surface area contributed by atoms with Gasteiger partial charge in [0.25, 0.3) is 15.9 Å². The second-order valence-electron chi connectivity index (χ2n) is 6.90. The van der Waals surface area contributed by atoms with Crippen molar-refractivity contribution in [2.75, 3.05) is 0 Å². The lowest BCUT2D eigenvalue weighted by atomic mass is 10.1. The number of aromatic nitrogens is 2. The fourth-order valence-corrected chi connectivity index (χ4v) is 4.76. The van der Waals surface area contributed by atoms with Gasteiger partial charge in [-0.3, -0.25) is 4.79 Å². The van der Waals surface area contributed by atoms with Crippen LogP contribution in [0.3, 0.4) is 0 Å². The van der Waals surface area contributed by atoms with Gasteiger partial charge in [0.05, 0.1) is 22.5 Å². The molecule has 0 aliphatic heterocycles. The molecule has 0 saturated heterocycles. The summed E-state index contributed by atoms with van der Waals surface area (Å²) in [7, 11) is -4.00. The Morgan fingerprint density at radius 1 is 1.03 bits per heavy atom. The second kappa shape index (κ2) is 8.34. The zero-order valence-corrected chi connectivity index (χ0v) is 18.7. The van der Waals surface area contributed by atoms with Gasteiger partial charge in [-0.05, 0) is 48.9 Å². The van der Waals surface area contributed by atoms with E-state index in [0.29, 0.717) is 33.4 Å². The number of carbonyl (C=O) groups excluding carboxylic acids is 1. The molecule has 4 rings (SSSR count). The molecule has 0 spiro atoms. The number of hydrogen-bond donors (Lipinski definition) is 1. The topological polar surface area (TPSA) is 81.1 Å². The predicted molar refractivity (Wildman–Crippen MR) is 121 cm³/mol. The van der Waals surface area contributed by atoms with E-state index in [1.807, 2.05) is 23.6 Å². The van der Waals surface area contributed by atoms with Crippen LogP contribution >= 0.6 is 23.2 Å². The molecule has 1 N–H and O–H groups in total. The number of nitrogens with one attached hydrogen (secondary N) is 1. The van der Waals surface area contributed by atoms with E-state index in [1.165, 1.54) is 12.1 Å². The van der Waals surface area contributed by atoms with Crippen LogP contribution in [0.25, 0.3) is 11.0 Å². The molecule has 0 fully saturated rings. The van der Waals surface area contributed by atoms with Gasteiger partial charge in [-0.25, -0.2) is 18.1 Å². The van der Waals surface area contributed by atoms with Gasteiger partial charge in [-0.2, -0.15) is 0 Å². The van der Waals surface area contributed by atoms with Crippen molar-refractivity contribution >= 4 is 50.2 Å². The zero-order valence-electron chi connectivity index (χ0n) is 16.3. The summed E-state index contributed by atoms with van der Waals surface area (Å²) in [5.41, 5.74) is 2.11. The van der Waals surface area contributed by atoms with Crippen LogP contribution in [-0.4, -0.2) is 23.9 Å². The third-order valence-corrected chi connectivity index (χ3v) is 6.77. The number of fused-ring (bicyclic) bond motifs is 1. The highest BCUT2D eigenvalue weighted by atomic mass is 35.5. The number of para-hydroxylation sites is 1. The van der Waals surface area contributed by atoms with E-state index in [4.69, 9.17) is 23.2 Å². The Labute approximate surface area is 189 Å². The van der Waals surface area contributed by atoms with Crippen LogP contribution in [0.1, 0.15) is 21.7 Å². The monoisotopic (exact) mass is 473 g/mol. The van der Waals surface area contributed by atoms with Crippen molar-refractivity contribution in [3.05, 3.63) is 93.7 Å². The summed E-state index contributed by atoms with van der Waals surface area (Å²) in [6.07, 6.45) is 0. The third-order valence-electron chi connectivity index (χ3n) is 4.84. The largest absolute Gasteiger partial charge is 0.324 e. The van der Waals surface area contributed by atoms with Crippen LogP contribution in [0.4, 0.5) is 0 Å². The standard InChI is InChI=1S/C22H17Cl2N3O3S/c1-14-25-21-18(22(28)26-31(29,30)17-6-3-2-4-7-17)8-5-9-20(21)27(14)13-15-10-11-16(23)12-19(15)24/h2-12H,13H2,1H3,(H,26,28). The third kappa shape index (κ3) is 4.30. The molecule has 6 nitrogen and oxygen atoms in total. The van der Waals surface area contributed by atoms with Gasteiger partial charge in [0.1, 0.15) is 11.3 Å². The summed E-state index contributed by atoms with van der Waals surface area (Å²) in [5, 5.41) is 1.07. The van der Waals surface area contributed by atoms with Crippen molar-refractivity contribution in [2.45, 2.75) is 18.4 Å². The minimum Gasteiger partial charge on any atom is -0.324 e. The van der Waals surface area contributed by atoms with Crippen molar-refractivity contribution in [3.8, 4) is 0 Å². The Morgan fingerprint density at radius 2 is 1.77 bits per heavy atom. The Morgan fingerprint density at radius 3 is 2.48 bits per heavy atom. The van der Waals surface area contributed by atoms with Crippen LogP contribution in [0, 0.1) is 6.92 Å². The number of carbonyl (C=O) groups is 1. The zero-order chi connectivity index (χ0) is 22.2. The number of hydrogen-bond acceptors (Lipinski definition) is 4. The van der Waals surface area contributed by atoms with Crippen molar-refractivity contribution in [1.82, 2.24) is 14.3 Å². The molecular weight excluding hydrogens is 457 g/mol. The highest BCUT2D eigenvalue weighted by Crippen LogP contribution is 2.26. The number of benzene rings is 3. The molecule has 0 unspecified atom stereocenters. The summed E-state index contributed by atoms with van der Waals surface area (Å²) >= 11 is 12.3. The first-order valence-corrected chi connectivity index (χ1v) is 11.5. The first kappa shape index (κ1) is 21.4. The summed E-state index contributed by atoms with van der Waals surface area (Å²) in [6, 6.07) is 18.0. The lowest BCUT2D eigenvalue weighted by molar-refractivity contribution is 0.0983. The number of halogens is 2. The number of amides is 1. The molecule has 1 heterocycles. The number of sulfonamides is 1. The maximum Gasteiger partial charge on any atom is 0.267 e. The number of aryl methyl sites for hydroxylation is 1. The van der Waals surface area contributed by atoms with E-state index < -0.39 is 15.9 Å². The van der Waals surface area contributed by atoms with E-state index in [1.54, 1.807) is 42.5 Å². The fraction of sp³-hybridized carbons (Fsp3) is 0.0909. The summed E-state index contributed by atoms with van der Waals surface area (Å²) in [5.74, 6) is -0.0872. The van der Waals surface area contributed by atoms with E-state index in [2.05, 4.69) is 9.71 Å². The van der Waals surface area contributed by atoms with Gasteiger partial charge in [0, 0.05) is 10.0 Å². The molecule has 1 aromatic heterocycles. The van der Waals surface area contributed by atoms with Crippen LogP contribution in [0.15, 0.2) is 71.6 Å². The van der Waals surface area contributed by atoms with Crippen molar-refractivity contribution in [1.29, 1.82) is 0 Å². The van der Waals surface area contributed by atoms with E-state index in [0.717, 1.165) is 5.56 Å². The molecule has 1 amide bonds. The van der Waals surface area contributed by atoms with Crippen molar-refractivity contribution < 1.29 is 13.2 Å². The average molecular weight is 474 g/mol. The molecule has 31 heavy (non-hydrogen) atoms. The lowest BCUT2D eigenvalue weighted by Crippen LogP contribution is -2.30. The first-order chi connectivity index (χ1) is 14.8. The highest BCUT2D eigenvalue weighted by Gasteiger charge is 2.22. The van der Waals surface area contributed by atoms with Gasteiger partial charge < -0.3 is 4.57 Å². The van der Waals surface area contributed by atoms with Crippen LogP contribution in [-0.2, 0) is 16.6 Å². The molecular formula is C22H17Cl2N3O3S. The van der Waals surface area contributed by atoms with Crippen LogP contribution in [0.2, 0.25) is 10.0 Å². The predicted octanol–water partition coefficient (Wildman–Crippen LogP) is 4.82. The SMILES string of the molecule is Cc1nc2c(C(=O)NS(=O)(=O)c3ccccc3)cccc2n1Cc1ccc(Cl)cc1Cl.